The zero-order valence-electron chi connectivity index (χ0n) is 19.6. The fraction of sp³-hybridized carbons (Fsp3) is 0.435. The highest BCUT2D eigenvalue weighted by atomic mass is 35.5. The number of nitrogens with zero attached hydrogens (tertiary/aromatic N) is 7. The van der Waals surface area contributed by atoms with Crippen LogP contribution >= 0.6 is 11.6 Å². The number of hydrogen-bond acceptors (Lipinski definition) is 5. The molecule has 9 heteroatoms. The first-order valence-corrected chi connectivity index (χ1v) is 11.0. The molecule has 3 heterocycles. The lowest BCUT2D eigenvalue weighted by molar-refractivity contribution is 0.768. The van der Waals surface area contributed by atoms with Gasteiger partial charge >= 0.3 is 0 Å². The van der Waals surface area contributed by atoms with Crippen LogP contribution in [0.4, 0.5) is 5.69 Å². The molecule has 1 N–H and O–H groups in total. The molecule has 0 fully saturated rings. The Balaban J connectivity index is 2.06. The van der Waals surface area contributed by atoms with Crippen molar-refractivity contribution in [3.8, 4) is 6.19 Å². The molecule has 3 aromatic rings. The third-order valence-electron chi connectivity index (χ3n) is 5.16. The van der Waals surface area contributed by atoms with E-state index in [-0.39, 0.29) is 6.04 Å². The maximum atomic E-state index is 9.38. The van der Waals surface area contributed by atoms with Gasteiger partial charge in [0, 0.05) is 29.9 Å². The zero-order valence-corrected chi connectivity index (χ0v) is 20.4. The summed E-state index contributed by atoms with van der Waals surface area (Å²) in [5, 5.41) is 18.1. The van der Waals surface area contributed by atoms with E-state index in [1.165, 1.54) is 5.56 Å². The number of aryl methyl sites for hydroxylation is 3. The van der Waals surface area contributed by atoms with Crippen LogP contribution in [-0.4, -0.2) is 31.7 Å². The number of guanidine groups is 1. The van der Waals surface area contributed by atoms with Crippen LogP contribution in [0.2, 0.25) is 5.15 Å². The van der Waals surface area contributed by atoms with E-state index in [2.05, 4.69) is 35.3 Å². The molecule has 32 heavy (non-hydrogen) atoms. The molecule has 3 aromatic heterocycles. The Morgan fingerprint density at radius 1 is 1.22 bits per heavy atom. The van der Waals surface area contributed by atoms with Crippen LogP contribution in [0, 0.1) is 25.3 Å². The van der Waals surface area contributed by atoms with Gasteiger partial charge in [0.15, 0.2) is 11.8 Å². The first-order valence-electron chi connectivity index (χ1n) is 10.6. The molecule has 0 aliphatic carbocycles. The van der Waals surface area contributed by atoms with Crippen LogP contribution in [0.15, 0.2) is 23.2 Å². The quantitative estimate of drug-likeness (QED) is 0.200. The number of aliphatic imine (C=N–C) groups is 1. The van der Waals surface area contributed by atoms with Gasteiger partial charge in [-0.25, -0.2) is 15.0 Å². The molecule has 0 unspecified atom stereocenters. The normalized spacial score (nSPS) is 12.0. The molecule has 168 valence electrons. The van der Waals surface area contributed by atoms with E-state index in [1.807, 2.05) is 51.9 Å². The van der Waals surface area contributed by atoms with Crippen LogP contribution < -0.4 is 10.2 Å². The maximum Gasteiger partial charge on any atom is 0.212 e. The van der Waals surface area contributed by atoms with Crippen molar-refractivity contribution < 1.29 is 0 Å². The topological polar surface area (TPSA) is 95.0 Å². The number of anilines is 1. The van der Waals surface area contributed by atoms with Crippen LogP contribution in [-0.2, 0) is 13.6 Å². The minimum Gasteiger partial charge on any atom is -0.309 e. The summed E-state index contributed by atoms with van der Waals surface area (Å²) in [5.74, 6) is 0.746. The summed E-state index contributed by atoms with van der Waals surface area (Å²) in [7, 11) is 1.90. The first kappa shape index (κ1) is 23.5. The van der Waals surface area contributed by atoms with Crippen molar-refractivity contribution in [1.82, 2.24) is 25.1 Å². The van der Waals surface area contributed by atoms with Crippen molar-refractivity contribution >= 4 is 34.3 Å². The minimum absolute atomic E-state index is 0.0221. The van der Waals surface area contributed by atoms with Crippen LogP contribution in [0.3, 0.4) is 0 Å². The van der Waals surface area contributed by atoms with Gasteiger partial charge in [-0.3, -0.25) is 10.00 Å². The molecule has 0 spiro atoms. The Kier molecular flexibility index (Phi) is 6.99. The third-order valence-corrected chi connectivity index (χ3v) is 5.36. The predicted molar refractivity (Wildman–Crippen MR) is 129 cm³/mol. The van der Waals surface area contributed by atoms with Gasteiger partial charge in [-0.1, -0.05) is 25.4 Å². The summed E-state index contributed by atoms with van der Waals surface area (Å²) >= 11 is 6.19. The van der Waals surface area contributed by atoms with Crippen molar-refractivity contribution in [3.05, 3.63) is 46.0 Å². The molecular formula is C23H29ClN8. The van der Waals surface area contributed by atoms with E-state index in [0.717, 1.165) is 33.8 Å². The Labute approximate surface area is 193 Å². The average Bonchev–Trinajstić information content (AvgIpc) is 2.98. The fourth-order valence-electron chi connectivity index (χ4n) is 3.87. The van der Waals surface area contributed by atoms with Gasteiger partial charge < -0.3 is 4.90 Å². The third kappa shape index (κ3) is 4.83. The predicted octanol–water partition coefficient (Wildman–Crippen LogP) is 4.60. The van der Waals surface area contributed by atoms with Gasteiger partial charge in [-0.2, -0.15) is 10.4 Å². The molecular weight excluding hydrogens is 424 g/mol. The average molecular weight is 453 g/mol. The lowest BCUT2D eigenvalue weighted by Gasteiger charge is -2.29. The first-order chi connectivity index (χ1) is 15.1. The molecule has 0 saturated heterocycles. The highest BCUT2D eigenvalue weighted by molar-refractivity contribution is 6.29. The number of rotatable bonds is 5. The van der Waals surface area contributed by atoms with Crippen molar-refractivity contribution in [2.24, 2.45) is 12.0 Å². The Bertz CT molecular complexity index is 1180. The highest BCUT2D eigenvalue weighted by Crippen LogP contribution is 2.28. The van der Waals surface area contributed by atoms with Gasteiger partial charge in [0.2, 0.25) is 5.96 Å². The highest BCUT2D eigenvalue weighted by Gasteiger charge is 2.20. The van der Waals surface area contributed by atoms with Gasteiger partial charge in [-0.05, 0) is 57.4 Å². The van der Waals surface area contributed by atoms with Gasteiger partial charge in [0.05, 0.1) is 17.9 Å². The molecule has 0 aliphatic rings. The van der Waals surface area contributed by atoms with Crippen molar-refractivity contribution in [1.29, 1.82) is 5.26 Å². The lowest BCUT2D eigenvalue weighted by atomic mass is 9.99. The second-order valence-corrected chi connectivity index (χ2v) is 8.78. The Hall–Kier alpha value is -3.18. The molecule has 8 nitrogen and oxygen atoms in total. The number of nitrogens with one attached hydrogen (secondary N) is 1. The van der Waals surface area contributed by atoms with E-state index in [1.54, 1.807) is 10.7 Å². The van der Waals surface area contributed by atoms with Crippen molar-refractivity contribution in [2.45, 2.75) is 60.0 Å². The summed E-state index contributed by atoms with van der Waals surface area (Å²) in [6.07, 6.45) is 2.00. The fourth-order valence-corrected chi connectivity index (χ4v) is 4.11. The molecule has 0 saturated carbocycles. The summed E-state index contributed by atoms with van der Waals surface area (Å²) in [6, 6.07) is 5.79. The molecule has 0 aromatic carbocycles. The number of nitriles is 1. The van der Waals surface area contributed by atoms with Crippen molar-refractivity contribution in [3.63, 3.8) is 0 Å². The maximum absolute atomic E-state index is 9.38. The van der Waals surface area contributed by atoms with E-state index < -0.39 is 0 Å². The van der Waals surface area contributed by atoms with Gasteiger partial charge in [-0.15, -0.1) is 0 Å². The molecule has 0 bridgehead atoms. The summed E-state index contributed by atoms with van der Waals surface area (Å²) in [6.45, 7) is 12.6. The summed E-state index contributed by atoms with van der Waals surface area (Å²) in [5.41, 5.74) is 5.41. The van der Waals surface area contributed by atoms with Gasteiger partial charge in [0.1, 0.15) is 5.15 Å². The van der Waals surface area contributed by atoms with Crippen molar-refractivity contribution in [2.75, 3.05) is 4.90 Å². The minimum atomic E-state index is 0.0221. The number of fused-ring (bicyclic) bond motifs is 1. The summed E-state index contributed by atoms with van der Waals surface area (Å²) < 4.78 is 1.81. The van der Waals surface area contributed by atoms with Crippen LogP contribution in [0.5, 0.6) is 0 Å². The second kappa shape index (κ2) is 9.53. The molecule has 0 aliphatic heterocycles. The number of pyridine rings is 2. The molecule has 3 rings (SSSR count). The standard InChI is InChI=1S/C23H29ClN8/c1-13(2)19-9-17(29-22-21(19)16(6)30-31(22)7)11-26-23(27-12-25)32(14(3)4)18-8-15(5)28-20(24)10-18/h8-10,13-14H,11H2,1-7H3,(H,26,27). The van der Waals surface area contributed by atoms with E-state index in [0.29, 0.717) is 23.6 Å². The lowest BCUT2D eigenvalue weighted by Crippen LogP contribution is -2.44. The Morgan fingerprint density at radius 3 is 2.53 bits per heavy atom. The summed E-state index contributed by atoms with van der Waals surface area (Å²) in [4.78, 5) is 15.7. The second-order valence-electron chi connectivity index (χ2n) is 8.39. The van der Waals surface area contributed by atoms with Crippen LogP contribution in [0.1, 0.15) is 56.3 Å². The van der Waals surface area contributed by atoms with Gasteiger partial charge in [0.25, 0.3) is 0 Å². The smallest absolute Gasteiger partial charge is 0.212 e. The SMILES string of the molecule is Cc1cc(N(C(=NCc2cc(C(C)C)c3c(C)nn(C)c3n2)NC#N)C(C)C)cc(Cl)n1. The molecule has 0 atom stereocenters. The number of halogens is 1. The number of hydrogen-bond donors (Lipinski definition) is 1. The van der Waals surface area contributed by atoms with E-state index in [9.17, 15) is 5.26 Å². The zero-order chi connectivity index (χ0) is 23.6. The largest absolute Gasteiger partial charge is 0.309 e. The molecule has 0 amide bonds. The Morgan fingerprint density at radius 2 is 1.94 bits per heavy atom. The monoisotopic (exact) mass is 452 g/mol. The van der Waals surface area contributed by atoms with E-state index >= 15 is 0 Å². The van der Waals surface area contributed by atoms with E-state index in [4.69, 9.17) is 21.6 Å². The van der Waals surface area contributed by atoms with Crippen LogP contribution in [0.25, 0.3) is 11.0 Å². The number of aromatic nitrogens is 4. The molecule has 0 radical (unpaired) electrons.